The average Bonchev–Trinajstić information content (AvgIpc) is 3.08. The van der Waals surface area contributed by atoms with Crippen molar-refractivity contribution in [2.75, 3.05) is 5.32 Å². The molecule has 0 fully saturated rings. The highest BCUT2D eigenvalue weighted by atomic mass is 35.5. The van der Waals surface area contributed by atoms with Crippen LogP contribution in [0.2, 0.25) is 5.02 Å². The van der Waals surface area contributed by atoms with Gasteiger partial charge in [-0.2, -0.15) is 4.73 Å². The van der Waals surface area contributed by atoms with Crippen molar-refractivity contribution < 1.29 is 18.7 Å². The van der Waals surface area contributed by atoms with Crippen LogP contribution in [0.1, 0.15) is 32.1 Å². The maximum Gasteiger partial charge on any atom is 0.272 e. The van der Waals surface area contributed by atoms with Crippen LogP contribution in [0, 0.1) is 17.9 Å². The Morgan fingerprint density at radius 1 is 1.27 bits per heavy atom. The highest BCUT2D eigenvalue weighted by Crippen LogP contribution is 2.23. The van der Waals surface area contributed by atoms with Crippen molar-refractivity contribution >= 4 is 29.0 Å². The quantitative estimate of drug-likeness (QED) is 0.418. The Balaban J connectivity index is 1.82. The second kappa shape index (κ2) is 6.97. The number of hydrogen-bond donors (Lipinski definition) is 2. The Morgan fingerprint density at radius 2 is 2.04 bits per heavy atom. The number of aromatic nitrogens is 2. The highest BCUT2D eigenvalue weighted by molar-refractivity contribution is 6.35. The number of halogens is 2. The van der Waals surface area contributed by atoms with E-state index in [0.717, 1.165) is 6.07 Å². The number of pyridine rings is 1. The summed E-state index contributed by atoms with van der Waals surface area (Å²) in [5.74, 6) is -1.93. The van der Waals surface area contributed by atoms with Crippen LogP contribution in [0.25, 0.3) is 0 Å². The van der Waals surface area contributed by atoms with Gasteiger partial charge in [0.15, 0.2) is 11.5 Å². The molecule has 0 aliphatic heterocycles. The highest BCUT2D eigenvalue weighted by Gasteiger charge is 2.20. The molecule has 1 aromatic carbocycles. The molecule has 0 spiro atoms. The van der Waals surface area contributed by atoms with Gasteiger partial charge in [-0.25, -0.2) is 4.39 Å². The molecular weight excluding hydrogens is 361 g/mol. The van der Waals surface area contributed by atoms with Crippen LogP contribution in [0.3, 0.4) is 0 Å². The number of aromatic amines is 1. The minimum absolute atomic E-state index is 0.0122. The Kier molecular flexibility index (Phi) is 4.73. The van der Waals surface area contributed by atoms with Crippen molar-refractivity contribution in [2.24, 2.45) is 0 Å². The van der Waals surface area contributed by atoms with Crippen LogP contribution in [-0.2, 0) is 0 Å². The Morgan fingerprint density at radius 3 is 2.73 bits per heavy atom. The van der Waals surface area contributed by atoms with E-state index in [-0.39, 0.29) is 21.8 Å². The molecule has 8 heteroatoms. The molecule has 2 N–H and O–H groups in total. The Hall–Kier alpha value is -3.19. The van der Waals surface area contributed by atoms with Crippen molar-refractivity contribution in [3.63, 3.8) is 0 Å². The summed E-state index contributed by atoms with van der Waals surface area (Å²) in [6, 6.07) is 8.37. The molecule has 132 valence electrons. The van der Waals surface area contributed by atoms with Crippen LogP contribution >= 0.6 is 11.6 Å². The van der Waals surface area contributed by atoms with Gasteiger partial charge in [0.1, 0.15) is 17.2 Å². The van der Waals surface area contributed by atoms with Gasteiger partial charge in [-0.1, -0.05) is 17.7 Å². The molecule has 0 radical (unpaired) electrons. The van der Waals surface area contributed by atoms with Crippen molar-refractivity contribution in [1.29, 1.82) is 0 Å². The normalized spacial score (nSPS) is 10.6. The van der Waals surface area contributed by atoms with Gasteiger partial charge in [-0.05, 0) is 24.3 Å². The second-order valence-corrected chi connectivity index (χ2v) is 5.97. The van der Waals surface area contributed by atoms with Gasteiger partial charge in [0, 0.05) is 24.8 Å². The minimum atomic E-state index is -0.741. The van der Waals surface area contributed by atoms with E-state index in [2.05, 4.69) is 10.3 Å². The summed E-state index contributed by atoms with van der Waals surface area (Å²) >= 11 is 5.90. The average molecular weight is 374 g/mol. The Labute approximate surface area is 152 Å². The first kappa shape index (κ1) is 17.6. The van der Waals surface area contributed by atoms with Crippen LogP contribution in [0.15, 0.2) is 48.8 Å². The van der Waals surface area contributed by atoms with Gasteiger partial charge >= 0.3 is 0 Å². The van der Waals surface area contributed by atoms with Crippen molar-refractivity contribution in [3.05, 3.63) is 87.4 Å². The van der Waals surface area contributed by atoms with E-state index in [1.54, 1.807) is 19.1 Å². The maximum atomic E-state index is 13.9. The number of hydrogen-bond acceptors (Lipinski definition) is 3. The minimum Gasteiger partial charge on any atom is -0.618 e. The molecule has 2 heterocycles. The second-order valence-electron chi connectivity index (χ2n) is 5.57. The molecular formula is C18H13ClFN3O3. The van der Waals surface area contributed by atoms with Gasteiger partial charge in [0.2, 0.25) is 6.20 Å². The molecule has 0 unspecified atom stereocenters. The topological polar surface area (TPSA) is 88.9 Å². The number of nitrogens with one attached hydrogen (secondary N) is 2. The molecule has 0 aliphatic rings. The molecule has 0 saturated heterocycles. The molecule has 2 aromatic heterocycles. The van der Waals surface area contributed by atoms with Gasteiger partial charge in [-0.15, -0.1) is 0 Å². The number of carbonyl (C=O) groups excluding carboxylic acids is 2. The first-order chi connectivity index (χ1) is 12.4. The summed E-state index contributed by atoms with van der Waals surface area (Å²) < 4.78 is 14.5. The lowest BCUT2D eigenvalue weighted by atomic mass is 10.1. The number of ketones is 1. The van der Waals surface area contributed by atoms with Crippen LogP contribution in [0.4, 0.5) is 10.1 Å². The lowest BCUT2D eigenvalue weighted by Gasteiger charge is -2.05. The summed E-state index contributed by atoms with van der Waals surface area (Å²) in [6.07, 6.45) is 2.52. The zero-order valence-electron chi connectivity index (χ0n) is 13.5. The van der Waals surface area contributed by atoms with E-state index in [4.69, 9.17) is 11.6 Å². The molecule has 1 amide bonds. The number of nitrogens with zero attached hydrogens (tertiary/aromatic N) is 1. The Bertz CT molecular complexity index is 996. The third-order valence-corrected chi connectivity index (χ3v) is 4.06. The van der Waals surface area contributed by atoms with E-state index in [1.807, 2.05) is 0 Å². The van der Waals surface area contributed by atoms with E-state index < -0.39 is 17.5 Å². The van der Waals surface area contributed by atoms with Crippen LogP contribution in [-0.4, -0.2) is 16.7 Å². The van der Waals surface area contributed by atoms with Gasteiger partial charge in [0.25, 0.3) is 5.91 Å². The monoisotopic (exact) mass is 373 g/mol. The molecule has 6 nitrogen and oxygen atoms in total. The fourth-order valence-electron chi connectivity index (χ4n) is 2.34. The third-order valence-electron chi connectivity index (χ3n) is 3.75. The first-order valence-electron chi connectivity index (χ1n) is 7.55. The number of aryl methyl sites for hydroxylation is 1. The van der Waals surface area contributed by atoms with Gasteiger partial charge in [0.05, 0.1) is 10.6 Å². The lowest BCUT2D eigenvalue weighted by molar-refractivity contribution is -0.611. The summed E-state index contributed by atoms with van der Waals surface area (Å²) in [5.41, 5.74) is 0.697. The number of rotatable bonds is 4. The summed E-state index contributed by atoms with van der Waals surface area (Å²) in [4.78, 5) is 27.4. The smallest absolute Gasteiger partial charge is 0.272 e. The molecule has 0 saturated carbocycles. The third kappa shape index (κ3) is 3.43. The predicted molar refractivity (Wildman–Crippen MR) is 93.7 cm³/mol. The number of carbonyl (C=O) groups is 2. The van der Waals surface area contributed by atoms with E-state index >= 15 is 0 Å². The summed E-state index contributed by atoms with van der Waals surface area (Å²) in [5, 5.41) is 14.1. The van der Waals surface area contributed by atoms with Gasteiger partial charge < -0.3 is 15.5 Å². The maximum absolute atomic E-state index is 13.9. The van der Waals surface area contributed by atoms with Crippen molar-refractivity contribution in [1.82, 2.24) is 4.98 Å². The van der Waals surface area contributed by atoms with E-state index in [9.17, 15) is 19.2 Å². The van der Waals surface area contributed by atoms with Gasteiger partial charge in [-0.3, -0.25) is 9.59 Å². The largest absolute Gasteiger partial charge is 0.618 e. The number of anilines is 1. The lowest BCUT2D eigenvalue weighted by Crippen LogP contribution is -2.30. The van der Waals surface area contributed by atoms with E-state index in [0.29, 0.717) is 16.1 Å². The SMILES string of the molecule is Cc1ccc(NC(=O)c2cc(C(=O)c3c(F)cccc3Cl)c[nH]2)c[n+]1[O-]. The molecule has 0 aliphatic carbocycles. The predicted octanol–water partition coefficient (Wildman–Crippen LogP) is 3.23. The number of benzene rings is 1. The summed E-state index contributed by atoms with van der Waals surface area (Å²) in [7, 11) is 0. The number of H-pyrrole nitrogens is 1. The molecule has 26 heavy (non-hydrogen) atoms. The summed E-state index contributed by atoms with van der Waals surface area (Å²) in [6.45, 7) is 1.63. The van der Waals surface area contributed by atoms with Crippen molar-refractivity contribution in [3.8, 4) is 0 Å². The molecule has 3 rings (SSSR count). The fraction of sp³-hybridized carbons (Fsp3) is 0.0556. The fourth-order valence-corrected chi connectivity index (χ4v) is 2.59. The van der Waals surface area contributed by atoms with Crippen LogP contribution < -0.4 is 10.0 Å². The zero-order chi connectivity index (χ0) is 18.8. The van der Waals surface area contributed by atoms with E-state index in [1.165, 1.54) is 30.6 Å². The zero-order valence-corrected chi connectivity index (χ0v) is 14.3. The number of amides is 1. The molecule has 3 aromatic rings. The standard InChI is InChI=1S/C18H13ClFN3O3/c1-10-5-6-12(9-23(10)26)22-18(25)15-7-11(8-21-15)17(24)16-13(19)3-2-4-14(16)20/h2-9,21H,1H3,(H,22,25). The molecule has 0 bridgehead atoms. The van der Waals surface area contributed by atoms with Crippen LogP contribution in [0.5, 0.6) is 0 Å². The van der Waals surface area contributed by atoms with Crippen molar-refractivity contribution in [2.45, 2.75) is 6.92 Å². The first-order valence-corrected chi connectivity index (χ1v) is 7.93. The molecule has 0 atom stereocenters.